The number of piperidine rings is 1. The molecule has 1 fully saturated rings. The van der Waals surface area contributed by atoms with Gasteiger partial charge in [-0.25, -0.2) is 0 Å². The Kier molecular flexibility index (Phi) is 11.0. The Morgan fingerprint density at radius 2 is 2.08 bits per heavy atom. The Hall–Kier alpha value is -0.380. The smallest absolute Gasteiger partial charge is 0.191 e. The largest absolute Gasteiger partial charge is 0.383 e. The third-order valence-electron chi connectivity index (χ3n) is 4.51. The van der Waals surface area contributed by atoms with Crippen LogP contribution in [0.15, 0.2) is 27.7 Å². The van der Waals surface area contributed by atoms with Crippen LogP contribution in [0.3, 0.4) is 0 Å². The minimum absolute atomic E-state index is 0. The lowest BCUT2D eigenvalue weighted by Gasteiger charge is -2.32. The van der Waals surface area contributed by atoms with Gasteiger partial charge in [0.25, 0.3) is 0 Å². The zero-order valence-corrected chi connectivity index (χ0v) is 19.3. The Labute approximate surface area is 177 Å². The molecule has 142 valence electrons. The van der Waals surface area contributed by atoms with Gasteiger partial charge in [0.05, 0.1) is 6.61 Å². The Bertz CT molecular complexity index is 548. The van der Waals surface area contributed by atoms with Crippen molar-refractivity contribution in [1.29, 1.82) is 0 Å². The van der Waals surface area contributed by atoms with Gasteiger partial charge in [-0.2, -0.15) is 0 Å². The van der Waals surface area contributed by atoms with Crippen LogP contribution in [0, 0.1) is 6.92 Å². The fourth-order valence-electron chi connectivity index (χ4n) is 2.95. The maximum atomic E-state index is 5.15. The molecule has 2 rings (SSSR count). The van der Waals surface area contributed by atoms with E-state index in [9.17, 15) is 0 Å². The first-order valence-electron chi connectivity index (χ1n) is 8.56. The second-order valence-corrected chi connectivity index (χ2v) is 7.17. The van der Waals surface area contributed by atoms with Crippen LogP contribution in [0.1, 0.15) is 24.0 Å². The SMILES string of the molecule is CN=C(NCc1ccc(Br)cc1C)NC1CCN(CCOC)CC1.I. The number of guanidine groups is 1. The van der Waals surface area contributed by atoms with E-state index in [1.165, 1.54) is 11.1 Å². The number of rotatable bonds is 6. The summed E-state index contributed by atoms with van der Waals surface area (Å²) in [5.41, 5.74) is 2.56. The van der Waals surface area contributed by atoms with Crippen molar-refractivity contribution in [2.75, 3.05) is 40.4 Å². The summed E-state index contributed by atoms with van der Waals surface area (Å²) in [4.78, 5) is 6.83. The van der Waals surface area contributed by atoms with Gasteiger partial charge >= 0.3 is 0 Å². The van der Waals surface area contributed by atoms with Crippen molar-refractivity contribution in [3.8, 4) is 0 Å². The highest BCUT2D eigenvalue weighted by Gasteiger charge is 2.19. The molecule has 1 aliphatic rings. The van der Waals surface area contributed by atoms with Gasteiger partial charge in [0.1, 0.15) is 0 Å². The molecule has 7 heteroatoms. The minimum Gasteiger partial charge on any atom is -0.383 e. The van der Waals surface area contributed by atoms with Gasteiger partial charge in [0, 0.05) is 50.9 Å². The molecular formula is C18H30BrIN4O. The quantitative estimate of drug-likeness (QED) is 0.341. The number of ether oxygens (including phenoxy) is 1. The van der Waals surface area contributed by atoms with Crippen molar-refractivity contribution >= 4 is 45.9 Å². The fourth-order valence-corrected chi connectivity index (χ4v) is 3.42. The molecule has 1 aromatic rings. The summed E-state index contributed by atoms with van der Waals surface area (Å²) in [5, 5.41) is 6.98. The van der Waals surface area contributed by atoms with Crippen LogP contribution in [-0.4, -0.2) is 57.3 Å². The number of halogens is 2. The Morgan fingerprint density at radius 3 is 2.68 bits per heavy atom. The molecule has 1 saturated heterocycles. The predicted octanol–water partition coefficient (Wildman–Crippen LogP) is 3.15. The molecule has 0 aromatic heterocycles. The number of nitrogens with one attached hydrogen (secondary N) is 2. The van der Waals surface area contributed by atoms with Gasteiger partial charge in [-0.1, -0.05) is 22.0 Å². The molecule has 25 heavy (non-hydrogen) atoms. The molecule has 0 amide bonds. The number of aryl methyl sites for hydroxylation is 1. The highest BCUT2D eigenvalue weighted by atomic mass is 127. The summed E-state index contributed by atoms with van der Waals surface area (Å²) in [6.07, 6.45) is 2.28. The highest BCUT2D eigenvalue weighted by molar-refractivity contribution is 14.0. The molecule has 0 unspecified atom stereocenters. The third kappa shape index (κ3) is 7.80. The number of benzene rings is 1. The van der Waals surface area contributed by atoms with Crippen LogP contribution in [-0.2, 0) is 11.3 Å². The molecule has 0 atom stereocenters. The molecular weight excluding hydrogens is 495 g/mol. The summed E-state index contributed by atoms with van der Waals surface area (Å²) >= 11 is 3.51. The minimum atomic E-state index is 0. The molecule has 0 spiro atoms. The van der Waals surface area contributed by atoms with Crippen LogP contribution in [0.5, 0.6) is 0 Å². The van der Waals surface area contributed by atoms with Crippen molar-refractivity contribution in [2.24, 2.45) is 4.99 Å². The van der Waals surface area contributed by atoms with Crippen molar-refractivity contribution < 1.29 is 4.74 Å². The molecule has 0 bridgehead atoms. The van der Waals surface area contributed by atoms with E-state index in [4.69, 9.17) is 4.74 Å². The second-order valence-electron chi connectivity index (χ2n) is 6.25. The number of hydrogen-bond donors (Lipinski definition) is 2. The van der Waals surface area contributed by atoms with Crippen molar-refractivity contribution in [1.82, 2.24) is 15.5 Å². The molecule has 0 aliphatic carbocycles. The first-order valence-corrected chi connectivity index (χ1v) is 9.35. The molecule has 1 aliphatic heterocycles. The zero-order chi connectivity index (χ0) is 17.4. The van der Waals surface area contributed by atoms with Gasteiger partial charge in [-0.15, -0.1) is 24.0 Å². The molecule has 0 saturated carbocycles. The Morgan fingerprint density at radius 1 is 1.36 bits per heavy atom. The van der Waals surface area contributed by atoms with Crippen LogP contribution < -0.4 is 10.6 Å². The predicted molar refractivity (Wildman–Crippen MR) is 119 cm³/mol. The summed E-state index contributed by atoms with van der Waals surface area (Å²) in [6, 6.07) is 6.85. The second kappa shape index (κ2) is 12.1. The van der Waals surface area contributed by atoms with Crippen LogP contribution >= 0.6 is 39.9 Å². The van der Waals surface area contributed by atoms with E-state index in [0.717, 1.165) is 56.1 Å². The third-order valence-corrected chi connectivity index (χ3v) is 5.01. The van der Waals surface area contributed by atoms with E-state index in [0.29, 0.717) is 6.04 Å². The van der Waals surface area contributed by atoms with E-state index in [1.807, 2.05) is 7.05 Å². The van der Waals surface area contributed by atoms with E-state index >= 15 is 0 Å². The monoisotopic (exact) mass is 524 g/mol. The lowest BCUT2D eigenvalue weighted by atomic mass is 10.1. The molecule has 1 heterocycles. The van der Waals surface area contributed by atoms with Gasteiger partial charge < -0.3 is 20.3 Å². The molecule has 2 N–H and O–H groups in total. The maximum Gasteiger partial charge on any atom is 0.191 e. The average Bonchev–Trinajstić information content (AvgIpc) is 2.59. The molecule has 1 aromatic carbocycles. The van der Waals surface area contributed by atoms with Crippen LogP contribution in [0.25, 0.3) is 0 Å². The van der Waals surface area contributed by atoms with Gasteiger partial charge in [0.15, 0.2) is 5.96 Å². The molecule has 5 nitrogen and oxygen atoms in total. The zero-order valence-electron chi connectivity index (χ0n) is 15.3. The lowest BCUT2D eigenvalue weighted by molar-refractivity contribution is 0.128. The number of aliphatic imine (C=N–C) groups is 1. The van der Waals surface area contributed by atoms with Crippen molar-refractivity contribution in [3.05, 3.63) is 33.8 Å². The van der Waals surface area contributed by atoms with E-state index in [-0.39, 0.29) is 24.0 Å². The number of nitrogens with zero attached hydrogens (tertiary/aromatic N) is 2. The number of hydrogen-bond acceptors (Lipinski definition) is 3. The first-order chi connectivity index (χ1) is 11.6. The van der Waals surface area contributed by atoms with Crippen LogP contribution in [0.4, 0.5) is 0 Å². The Balaban J connectivity index is 0.00000312. The fraction of sp³-hybridized carbons (Fsp3) is 0.611. The molecule has 0 radical (unpaired) electrons. The summed E-state index contributed by atoms with van der Waals surface area (Å²) in [7, 11) is 3.59. The topological polar surface area (TPSA) is 48.9 Å². The highest BCUT2D eigenvalue weighted by Crippen LogP contribution is 2.15. The normalized spacial score (nSPS) is 16.4. The van der Waals surface area contributed by atoms with Gasteiger partial charge in [-0.05, 0) is 43.0 Å². The standard InChI is InChI=1S/C18H29BrN4O.HI/c1-14-12-16(19)5-4-15(14)13-21-18(20-2)22-17-6-8-23(9-7-17)10-11-24-3;/h4-5,12,17H,6-11,13H2,1-3H3,(H2,20,21,22);1H. The lowest BCUT2D eigenvalue weighted by Crippen LogP contribution is -2.48. The first kappa shape index (κ1) is 22.7. The maximum absolute atomic E-state index is 5.15. The van der Waals surface area contributed by atoms with Crippen molar-refractivity contribution in [2.45, 2.75) is 32.4 Å². The average molecular weight is 525 g/mol. The van der Waals surface area contributed by atoms with Crippen LogP contribution in [0.2, 0.25) is 0 Å². The summed E-state index contributed by atoms with van der Waals surface area (Å²) in [5.74, 6) is 0.882. The number of likely N-dealkylation sites (tertiary alicyclic amines) is 1. The van der Waals surface area contributed by atoms with E-state index < -0.39 is 0 Å². The summed E-state index contributed by atoms with van der Waals surface area (Å²) in [6.45, 7) is 6.99. The summed E-state index contributed by atoms with van der Waals surface area (Å²) < 4.78 is 6.27. The van der Waals surface area contributed by atoms with Crippen molar-refractivity contribution in [3.63, 3.8) is 0 Å². The van der Waals surface area contributed by atoms with E-state index in [2.05, 4.69) is 61.6 Å². The van der Waals surface area contributed by atoms with Gasteiger partial charge in [-0.3, -0.25) is 4.99 Å². The number of methoxy groups -OCH3 is 1. The van der Waals surface area contributed by atoms with E-state index in [1.54, 1.807) is 7.11 Å². The van der Waals surface area contributed by atoms with Gasteiger partial charge in [0.2, 0.25) is 0 Å².